The second-order valence-electron chi connectivity index (χ2n) is 6.58. The molecule has 2 amide bonds. The van der Waals surface area contributed by atoms with Crippen LogP contribution < -0.4 is 5.73 Å². The lowest BCUT2D eigenvalue weighted by atomic mass is 9.97. The fourth-order valence-corrected chi connectivity index (χ4v) is 2.84. The van der Waals surface area contributed by atoms with Crippen LogP contribution in [0.1, 0.15) is 63.9 Å². The van der Waals surface area contributed by atoms with Crippen LogP contribution in [0.25, 0.3) is 0 Å². The number of rotatable bonds is 13. The number of carbonyl (C=O) groups is 2. The molecule has 3 N–H and O–H groups in total. The van der Waals surface area contributed by atoms with E-state index in [4.69, 9.17) is 5.73 Å². The molecule has 0 aliphatic rings. The second kappa shape index (κ2) is 12.5. The lowest BCUT2D eigenvalue weighted by Gasteiger charge is -2.20. The summed E-state index contributed by atoms with van der Waals surface area (Å²) in [5, 5.41) is 10.6. The summed E-state index contributed by atoms with van der Waals surface area (Å²) in [5.74, 6) is -2.34. The molecular weight excluding hydrogens is 316 g/mol. The summed E-state index contributed by atoms with van der Waals surface area (Å²) in [6.45, 7) is 2.44. The van der Waals surface area contributed by atoms with Gasteiger partial charge in [-0.2, -0.15) is 0 Å². The maximum absolute atomic E-state index is 12.3. The first-order valence-electron chi connectivity index (χ1n) is 9.39. The Kier molecular flexibility index (Phi) is 10.6. The number of hydroxylamine groups is 2. The van der Waals surface area contributed by atoms with Crippen LogP contribution in [0.4, 0.5) is 0 Å². The smallest absolute Gasteiger partial charge is 0.258 e. The molecule has 0 aromatic heterocycles. The van der Waals surface area contributed by atoms with E-state index >= 15 is 0 Å². The van der Waals surface area contributed by atoms with Crippen molar-refractivity contribution in [1.82, 2.24) is 5.06 Å². The normalized spacial score (nSPS) is 11.9. The van der Waals surface area contributed by atoms with Crippen LogP contribution in [0.3, 0.4) is 0 Å². The summed E-state index contributed by atoms with van der Waals surface area (Å²) in [5.41, 5.74) is 6.21. The van der Waals surface area contributed by atoms with Gasteiger partial charge in [0.1, 0.15) is 5.92 Å². The molecule has 0 aliphatic carbocycles. The van der Waals surface area contributed by atoms with Crippen LogP contribution in [-0.4, -0.2) is 28.6 Å². The molecule has 140 valence electrons. The van der Waals surface area contributed by atoms with Gasteiger partial charge in [0.15, 0.2) is 0 Å². The van der Waals surface area contributed by atoms with E-state index in [1.165, 1.54) is 32.1 Å². The Morgan fingerprint density at radius 3 is 2.12 bits per heavy atom. The van der Waals surface area contributed by atoms with Crippen LogP contribution >= 0.6 is 0 Å². The molecule has 25 heavy (non-hydrogen) atoms. The molecule has 0 aliphatic heterocycles. The Morgan fingerprint density at radius 1 is 1.00 bits per heavy atom. The fraction of sp³-hybridized carbons (Fsp3) is 0.600. The zero-order valence-corrected chi connectivity index (χ0v) is 15.3. The minimum atomic E-state index is -1.03. The first-order chi connectivity index (χ1) is 12.1. The number of hydrogen-bond donors (Lipinski definition) is 2. The van der Waals surface area contributed by atoms with E-state index in [1.807, 2.05) is 30.3 Å². The zero-order valence-electron chi connectivity index (χ0n) is 15.3. The summed E-state index contributed by atoms with van der Waals surface area (Å²) in [6, 6.07) is 9.22. The molecule has 0 saturated heterocycles. The number of nitrogens with two attached hydrogens (primary N) is 1. The van der Waals surface area contributed by atoms with Crippen molar-refractivity contribution in [3.05, 3.63) is 35.9 Å². The van der Waals surface area contributed by atoms with Crippen molar-refractivity contribution in [2.24, 2.45) is 11.7 Å². The van der Waals surface area contributed by atoms with Crippen LogP contribution in [0.5, 0.6) is 0 Å². The minimum absolute atomic E-state index is 0.212. The Morgan fingerprint density at radius 2 is 1.56 bits per heavy atom. The number of nitrogens with zero attached hydrogens (tertiary/aromatic N) is 1. The largest absolute Gasteiger partial charge is 0.369 e. The van der Waals surface area contributed by atoms with Crippen molar-refractivity contribution < 1.29 is 14.8 Å². The first kappa shape index (κ1) is 21.2. The minimum Gasteiger partial charge on any atom is -0.369 e. The SMILES string of the molecule is CCCCCCCCCCN(O)C(=O)C(Cc1ccccc1)C(N)=O. The standard InChI is InChI=1S/C20H32N2O3/c1-2-3-4-5-6-7-8-12-15-22(25)20(24)18(19(21)23)16-17-13-10-9-11-14-17/h9-11,13-14,18,25H,2-8,12,15-16H2,1H3,(H2,21,23). The van der Waals surface area contributed by atoms with Crippen molar-refractivity contribution in [3.63, 3.8) is 0 Å². The zero-order chi connectivity index (χ0) is 18.5. The summed E-state index contributed by atoms with van der Waals surface area (Å²) in [4.78, 5) is 23.9. The van der Waals surface area contributed by atoms with E-state index in [9.17, 15) is 14.8 Å². The third-order valence-electron chi connectivity index (χ3n) is 4.40. The van der Waals surface area contributed by atoms with E-state index in [2.05, 4.69) is 6.92 Å². The Balaban J connectivity index is 2.33. The molecule has 0 saturated carbocycles. The predicted molar refractivity (Wildman–Crippen MR) is 98.9 cm³/mol. The van der Waals surface area contributed by atoms with Crippen molar-refractivity contribution in [3.8, 4) is 0 Å². The molecule has 1 unspecified atom stereocenters. The summed E-state index contributed by atoms with van der Waals surface area (Å²) in [6.07, 6.45) is 9.26. The monoisotopic (exact) mass is 348 g/mol. The highest BCUT2D eigenvalue weighted by molar-refractivity contribution is 5.99. The van der Waals surface area contributed by atoms with Crippen molar-refractivity contribution in [2.45, 2.75) is 64.7 Å². The van der Waals surface area contributed by atoms with Crippen molar-refractivity contribution >= 4 is 11.8 Å². The van der Waals surface area contributed by atoms with Gasteiger partial charge in [0, 0.05) is 6.54 Å². The number of hydrogen-bond acceptors (Lipinski definition) is 3. The molecule has 0 heterocycles. The Bertz CT molecular complexity index is 505. The van der Waals surface area contributed by atoms with Gasteiger partial charge in [0.25, 0.3) is 5.91 Å². The van der Waals surface area contributed by atoms with Gasteiger partial charge in [0.05, 0.1) is 0 Å². The van der Waals surface area contributed by atoms with Gasteiger partial charge in [-0.05, 0) is 18.4 Å². The van der Waals surface area contributed by atoms with E-state index in [0.717, 1.165) is 24.8 Å². The second-order valence-corrected chi connectivity index (χ2v) is 6.58. The highest BCUT2D eigenvalue weighted by Gasteiger charge is 2.28. The average molecular weight is 348 g/mol. The quantitative estimate of drug-likeness (QED) is 0.247. The maximum Gasteiger partial charge on any atom is 0.258 e. The van der Waals surface area contributed by atoms with E-state index in [1.54, 1.807) is 0 Å². The van der Waals surface area contributed by atoms with E-state index in [-0.39, 0.29) is 13.0 Å². The number of unbranched alkanes of at least 4 members (excludes halogenated alkanes) is 7. The fourth-order valence-electron chi connectivity index (χ4n) is 2.84. The summed E-state index contributed by atoms with van der Waals surface area (Å²) >= 11 is 0. The van der Waals surface area contributed by atoms with Gasteiger partial charge < -0.3 is 5.73 Å². The Hall–Kier alpha value is -1.88. The molecule has 0 bridgehead atoms. The first-order valence-corrected chi connectivity index (χ1v) is 9.39. The third kappa shape index (κ3) is 8.68. The molecule has 0 fully saturated rings. The number of primary amides is 1. The highest BCUT2D eigenvalue weighted by atomic mass is 16.5. The number of amides is 2. The number of benzene rings is 1. The lowest BCUT2D eigenvalue weighted by Crippen LogP contribution is -2.41. The van der Waals surface area contributed by atoms with Crippen LogP contribution in [-0.2, 0) is 16.0 Å². The topological polar surface area (TPSA) is 83.6 Å². The maximum atomic E-state index is 12.3. The van der Waals surface area contributed by atoms with Crippen LogP contribution in [0.15, 0.2) is 30.3 Å². The van der Waals surface area contributed by atoms with Gasteiger partial charge in [-0.3, -0.25) is 14.8 Å². The lowest BCUT2D eigenvalue weighted by molar-refractivity contribution is -0.171. The third-order valence-corrected chi connectivity index (χ3v) is 4.40. The molecule has 0 radical (unpaired) electrons. The predicted octanol–water partition coefficient (Wildman–Crippen LogP) is 3.69. The van der Waals surface area contributed by atoms with Gasteiger partial charge >= 0.3 is 0 Å². The van der Waals surface area contributed by atoms with E-state index in [0.29, 0.717) is 5.06 Å². The van der Waals surface area contributed by atoms with Crippen molar-refractivity contribution in [2.75, 3.05) is 6.54 Å². The van der Waals surface area contributed by atoms with E-state index < -0.39 is 17.7 Å². The van der Waals surface area contributed by atoms with Gasteiger partial charge in [-0.15, -0.1) is 0 Å². The molecule has 1 aromatic rings. The van der Waals surface area contributed by atoms with Gasteiger partial charge in [-0.1, -0.05) is 82.2 Å². The van der Waals surface area contributed by atoms with Gasteiger partial charge in [0.2, 0.25) is 5.91 Å². The molecule has 1 atom stereocenters. The molecule has 1 rings (SSSR count). The molecule has 0 spiro atoms. The molecule has 5 nitrogen and oxygen atoms in total. The van der Waals surface area contributed by atoms with Crippen LogP contribution in [0.2, 0.25) is 0 Å². The summed E-state index contributed by atoms with van der Waals surface area (Å²) in [7, 11) is 0. The molecular formula is C20H32N2O3. The van der Waals surface area contributed by atoms with Gasteiger partial charge in [-0.25, -0.2) is 5.06 Å². The number of carbonyl (C=O) groups excluding carboxylic acids is 2. The Labute approximate surface area is 151 Å². The average Bonchev–Trinajstić information content (AvgIpc) is 2.61. The van der Waals surface area contributed by atoms with Crippen LogP contribution in [0, 0.1) is 5.92 Å². The summed E-state index contributed by atoms with van der Waals surface area (Å²) < 4.78 is 0. The molecule has 1 aromatic carbocycles. The van der Waals surface area contributed by atoms with Crippen molar-refractivity contribution in [1.29, 1.82) is 0 Å². The highest BCUT2D eigenvalue weighted by Crippen LogP contribution is 2.13. The molecule has 5 heteroatoms.